The maximum atomic E-state index is 2.44. The second-order valence-electron chi connectivity index (χ2n) is 15.2. The van der Waals surface area contributed by atoms with Gasteiger partial charge < -0.3 is 4.90 Å². The van der Waals surface area contributed by atoms with Crippen LogP contribution in [0.15, 0.2) is 230 Å². The van der Waals surface area contributed by atoms with Crippen molar-refractivity contribution in [3.05, 3.63) is 258 Å². The second kappa shape index (κ2) is 13.5. The summed E-state index contributed by atoms with van der Waals surface area (Å²) in [5.74, 6) is 0. The molecule has 0 saturated carbocycles. The Bertz CT molecular complexity index is 2860. The van der Waals surface area contributed by atoms with Crippen LogP contribution in [0.25, 0.3) is 50.1 Å². The molecular formula is C56H39N. The molecule has 1 nitrogen and oxygen atoms in total. The molecule has 0 aliphatic heterocycles. The van der Waals surface area contributed by atoms with Gasteiger partial charge in [0.1, 0.15) is 0 Å². The maximum absolute atomic E-state index is 2.44. The van der Waals surface area contributed by atoms with Crippen molar-refractivity contribution in [2.24, 2.45) is 0 Å². The lowest BCUT2D eigenvalue weighted by Gasteiger charge is -2.30. The van der Waals surface area contributed by atoms with Crippen molar-refractivity contribution < 1.29 is 0 Å². The Morgan fingerprint density at radius 3 is 1.63 bits per heavy atom. The van der Waals surface area contributed by atoms with Gasteiger partial charge in [-0.1, -0.05) is 194 Å². The normalized spacial score (nSPS) is 14.2. The molecule has 0 radical (unpaired) electrons. The summed E-state index contributed by atoms with van der Waals surface area (Å²) in [4.78, 5) is 2.44. The minimum atomic E-state index is -0.362. The second-order valence-corrected chi connectivity index (χ2v) is 15.2. The number of nitrogens with zero attached hydrogens (tertiary/aromatic N) is 1. The first-order chi connectivity index (χ1) is 28.3. The van der Waals surface area contributed by atoms with Gasteiger partial charge in [0.05, 0.1) is 5.41 Å². The summed E-state index contributed by atoms with van der Waals surface area (Å²) < 4.78 is 0. The van der Waals surface area contributed by atoms with Gasteiger partial charge in [0.15, 0.2) is 0 Å². The largest absolute Gasteiger partial charge is 0.314 e. The van der Waals surface area contributed by atoms with E-state index in [0.717, 1.165) is 17.8 Å². The summed E-state index contributed by atoms with van der Waals surface area (Å²) in [7, 11) is 0. The zero-order valence-corrected chi connectivity index (χ0v) is 31.5. The molecule has 0 heterocycles. The van der Waals surface area contributed by atoms with Crippen LogP contribution >= 0.6 is 0 Å². The first-order valence-corrected chi connectivity index (χ1v) is 19.9. The molecular weight excluding hydrogens is 687 g/mol. The van der Waals surface area contributed by atoms with Gasteiger partial charge >= 0.3 is 0 Å². The molecule has 268 valence electrons. The van der Waals surface area contributed by atoms with Gasteiger partial charge in [-0.2, -0.15) is 0 Å². The van der Waals surface area contributed by atoms with Gasteiger partial charge in [0.25, 0.3) is 0 Å². The molecule has 11 rings (SSSR count). The van der Waals surface area contributed by atoms with E-state index >= 15 is 0 Å². The van der Waals surface area contributed by atoms with E-state index in [2.05, 4.69) is 229 Å². The third-order valence-corrected chi connectivity index (χ3v) is 12.1. The van der Waals surface area contributed by atoms with E-state index in [1.807, 2.05) is 0 Å². The van der Waals surface area contributed by atoms with E-state index in [1.54, 1.807) is 0 Å². The number of hydrogen-bond donors (Lipinski definition) is 0. The lowest BCUT2D eigenvalue weighted by molar-refractivity contribution is 0.794. The zero-order valence-electron chi connectivity index (χ0n) is 31.5. The number of fused-ring (bicyclic) bond motifs is 10. The fraction of sp³-hybridized carbons (Fsp3) is 0.0357. The van der Waals surface area contributed by atoms with Gasteiger partial charge in [-0.25, -0.2) is 0 Å². The zero-order chi connectivity index (χ0) is 37.8. The minimum Gasteiger partial charge on any atom is -0.314 e. The predicted octanol–water partition coefficient (Wildman–Crippen LogP) is 14.4. The topological polar surface area (TPSA) is 3.24 Å². The van der Waals surface area contributed by atoms with Crippen LogP contribution in [0.4, 0.5) is 11.4 Å². The smallest absolute Gasteiger partial charge is 0.0725 e. The fourth-order valence-electron chi connectivity index (χ4n) is 9.72. The van der Waals surface area contributed by atoms with Gasteiger partial charge in [0, 0.05) is 23.5 Å². The molecule has 0 aromatic heterocycles. The van der Waals surface area contributed by atoms with Crippen molar-refractivity contribution >= 4 is 16.9 Å². The highest BCUT2D eigenvalue weighted by molar-refractivity contribution is 6.00. The molecule has 8 aromatic carbocycles. The standard InChI is InChI=1S/C56H39N/c1-3-17-39(18-4-1)42-21-7-8-23-45(37-42)57(46-24-15-22-43(38-46)40-19-5-2-6-20-40)44-35-33-41(34-36-44)47-28-16-32-54-55(47)50-27-11-14-31-53(50)56(54)51-29-12-9-25-48(51)49-26-10-13-30-52(49)56/h1-22,24-38H,23H2. The average molecular weight is 726 g/mol. The highest BCUT2D eigenvalue weighted by atomic mass is 15.1. The highest BCUT2D eigenvalue weighted by Gasteiger charge is 2.51. The molecule has 0 saturated heterocycles. The van der Waals surface area contributed by atoms with Crippen LogP contribution in [-0.4, -0.2) is 0 Å². The SMILES string of the molecule is C1=CCC(N(c2ccc(-c3cccc4c3-c3ccccc3C43c4ccccc4-c4ccccc43)cc2)c2cccc(-c3ccccc3)c2)=CC(c2ccccc2)=C1. The van der Waals surface area contributed by atoms with Crippen molar-refractivity contribution in [2.45, 2.75) is 11.8 Å². The van der Waals surface area contributed by atoms with Crippen molar-refractivity contribution in [1.29, 1.82) is 0 Å². The highest BCUT2D eigenvalue weighted by Crippen LogP contribution is 2.63. The Morgan fingerprint density at radius 1 is 0.386 bits per heavy atom. The summed E-state index contributed by atoms with van der Waals surface area (Å²) in [6.07, 6.45) is 9.85. The van der Waals surface area contributed by atoms with Crippen molar-refractivity contribution in [3.8, 4) is 44.5 Å². The molecule has 0 N–H and O–H groups in total. The number of anilines is 2. The number of hydrogen-bond acceptors (Lipinski definition) is 1. The molecule has 57 heavy (non-hydrogen) atoms. The van der Waals surface area contributed by atoms with Crippen molar-refractivity contribution in [1.82, 2.24) is 0 Å². The monoisotopic (exact) mass is 725 g/mol. The molecule has 0 atom stereocenters. The van der Waals surface area contributed by atoms with Crippen molar-refractivity contribution in [2.75, 3.05) is 4.90 Å². The first kappa shape index (κ1) is 33.1. The Kier molecular flexibility index (Phi) is 7.86. The van der Waals surface area contributed by atoms with Gasteiger partial charge in [-0.3, -0.25) is 0 Å². The molecule has 0 bridgehead atoms. The number of rotatable bonds is 6. The van der Waals surface area contributed by atoms with Crippen LogP contribution in [0.5, 0.6) is 0 Å². The molecule has 1 spiro atoms. The van der Waals surface area contributed by atoms with E-state index in [-0.39, 0.29) is 5.41 Å². The summed E-state index contributed by atoms with van der Waals surface area (Å²) in [5, 5.41) is 0. The maximum Gasteiger partial charge on any atom is 0.0725 e. The summed E-state index contributed by atoms with van der Waals surface area (Å²) >= 11 is 0. The Labute approximate surface area is 334 Å². The fourth-order valence-corrected chi connectivity index (χ4v) is 9.72. The van der Waals surface area contributed by atoms with Crippen LogP contribution in [0, 0.1) is 0 Å². The molecule has 0 unspecified atom stereocenters. The third kappa shape index (κ3) is 5.24. The average Bonchev–Trinajstić information content (AvgIpc) is 3.62. The minimum absolute atomic E-state index is 0.362. The molecule has 0 amide bonds. The molecule has 3 aliphatic rings. The van der Waals surface area contributed by atoms with Gasteiger partial charge in [-0.05, 0) is 108 Å². The predicted molar refractivity (Wildman–Crippen MR) is 238 cm³/mol. The van der Waals surface area contributed by atoms with E-state index < -0.39 is 0 Å². The lowest BCUT2D eigenvalue weighted by atomic mass is 9.70. The van der Waals surface area contributed by atoms with Crippen LogP contribution in [-0.2, 0) is 5.41 Å². The van der Waals surface area contributed by atoms with Crippen molar-refractivity contribution in [3.63, 3.8) is 0 Å². The van der Waals surface area contributed by atoms with Crippen LogP contribution in [0.3, 0.4) is 0 Å². The summed E-state index contributed by atoms with van der Waals surface area (Å²) in [6, 6.07) is 73.7. The Morgan fingerprint density at radius 2 is 0.930 bits per heavy atom. The van der Waals surface area contributed by atoms with Gasteiger partial charge in [0.2, 0.25) is 0 Å². The summed E-state index contributed by atoms with van der Waals surface area (Å²) in [5.41, 5.74) is 21.1. The van der Waals surface area contributed by atoms with E-state index in [0.29, 0.717) is 0 Å². The Balaban J connectivity index is 1.06. The van der Waals surface area contributed by atoms with E-state index in [4.69, 9.17) is 0 Å². The summed E-state index contributed by atoms with van der Waals surface area (Å²) in [6.45, 7) is 0. The molecule has 1 heteroatoms. The molecule has 3 aliphatic carbocycles. The first-order valence-electron chi connectivity index (χ1n) is 19.9. The lowest BCUT2D eigenvalue weighted by Crippen LogP contribution is -2.25. The third-order valence-electron chi connectivity index (χ3n) is 12.1. The van der Waals surface area contributed by atoms with E-state index in [1.165, 1.54) is 83.6 Å². The van der Waals surface area contributed by atoms with E-state index in [9.17, 15) is 0 Å². The van der Waals surface area contributed by atoms with Crippen LogP contribution < -0.4 is 4.90 Å². The Hall–Kier alpha value is -7.22. The van der Waals surface area contributed by atoms with Crippen LogP contribution in [0.2, 0.25) is 0 Å². The quantitative estimate of drug-likeness (QED) is 0.165. The van der Waals surface area contributed by atoms with Crippen LogP contribution in [0.1, 0.15) is 34.2 Å². The van der Waals surface area contributed by atoms with Gasteiger partial charge in [-0.15, -0.1) is 0 Å². The molecule has 0 fully saturated rings. The number of benzene rings is 8. The number of allylic oxidation sites excluding steroid dienone is 5. The molecule has 8 aromatic rings.